The average Bonchev–Trinajstić information content (AvgIpc) is 2.62. The highest BCUT2D eigenvalue weighted by molar-refractivity contribution is 7.92. The molecule has 2 aromatic carbocycles. The van der Waals surface area contributed by atoms with Gasteiger partial charge in [-0.15, -0.1) is 0 Å². The molecule has 27 heavy (non-hydrogen) atoms. The summed E-state index contributed by atoms with van der Waals surface area (Å²) >= 11 is 0. The zero-order valence-electron chi connectivity index (χ0n) is 15.3. The second-order valence-electron chi connectivity index (χ2n) is 5.98. The van der Waals surface area contributed by atoms with E-state index in [4.69, 9.17) is 0 Å². The molecule has 0 aliphatic carbocycles. The van der Waals surface area contributed by atoms with Crippen molar-refractivity contribution in [2.45, 2.75) is 16.7 Å². The lowest BCUT2D eigenvalue weighted by Gasteiger charge is -2.15. The number of benzene rings is 2. The van der Waals surface area contributed by atoms with E-state index < -0.39 is 20.0 Å². The van der Waals surface area contributed by atoms with E-state index in [1.54, 1.807) is 6.92 Å². The standard InChI is InChI=1S/C17H21N3O5S2/c1-12-5-8-14(11-16(12)27(24,25)20(3)4)19-26(22,23)15-9-6-13(7-10-15)17(21)18-2/h5-11,19H,1-4H3,(H,18,21). The van der Waals surface area contributed by atoms with E-state index >= 15 is 0 Å². The molecule has 2 N–H and O–H groups in total. The predicted octanol–water partition coefficient (Wildman–Crippen LogP) is 1.41. The number of nitrogens with zero attached hydrogens (tertiary/aromatic N) is 1. The van der Waals surface area contributed by atoms with Crippen molar-refractivity contribution in [3.8, 4) is 0 Å². The highest BCUT2D eigenvalue weighted by atomic mass is 32.2. The number of carbonyl (C=O) groups is 1. The van der Waals surface area contributed by atoms with Crippen LogP contribution in [0.4, 0.5) is 5.69 Å². The lowest BCUT2D eigenvalue weighted by Crippen LogP contribution is -2.23. The van der Waals surface area contributed by atoms with Gasteiger partial charge in [0, 0.05) is 26.7 Å². The molecule has 0 bridgehead atoms. The Balaban J connectivity index is 2.37. The van der Waals surface area contributed by atoms with Gasteiger partial charge in [0.05, 0.1) is 15.5 Å². The SMILES string of the molecule is CNC(=O)c1ccc(S(=O)(=O)Nc2ccc(C)c(S(=O)(=O)N(C)C)c2)cc1. The van der Waals surface area contributed by atoms with Crippen LogP contribution in [0.3, 0.4) is 0 Å². The lowest BCUT2D eigenvalue weighted by molar-refractivity contribution is 0.0963. The minimum Gasteiger partial charge on any atom is -0.355 e. The molecule has 0 saturated heterocycles. The van der Waals surface area contributed by atoms with Crippen LogP contribution in [-0.4, -0.2) is 48.2 Å². The zero-order valence-corrected chi connectivity index (χ0v) is 17.0. The van der Waals surface area contributed by atoms with E-state index in [1.807, 2.05) is 0 Å². The van der Waals surface area contributed by atoms with Crippen LogP contribution in [0.2, 0.25) is 0 Å². The molecule has 0 aliphatic heterocycles. The summed E-state index contributed by atoms with van der Waals surface area (Å²) in [5.74, 6) is -0.330. The first-order valence-corrected chi connectivity index (χ1v) is 10.8. The topological polar surface area (TPSA) is 113 Å². The third-order valence-corrected chi connectivity index (χ3v) is 7.21. The van der Waals surface area contributed by atoms with Gasteiger partial charge < -0.3 is 5.32 Å². The molecule has 8 nitrogen and oxygen atoms in total. The molecule has 0 heterocycles. The monoisotopic (exact) mass is 411 g/mol. The van der Waals surface area contributed by atoms with Gasteiger partial charge in [-0.3, -0.25) is 9.52 Å². The van der Waals surface area contributed by atoms with Crippen LogP contribution >= 0.6 is 0 Å². The molecule has 1 amide bonds. The molecular formula is C17H21N3O5S2. The quantitative estimate of drug-likeness (QED) is 0.746. The zero-order chi connectivity index (χ0) is 20.4. The number of hydrogen-bond donors (Lipinski definition) is 2. The number of amides is 1. The molecule has 0 radical (unpaired) electrons. The normalized spacial score (nSPS) is 12.0. The Bertz CT molecular complexity index is 1060. The first kappa shape index (κ1) is 20.9. The van der Waals surface area contributed by atoms with Gasteiger partial charge in [0.1, 0.15) is 0 Å². The Morgan fingerprint density at radius 1 is 0.963 bits per heavy atom. The number of aryl methyl sites for hydroxylation is 1. The van der Waals surface area contributed by atoms with Crippen molar-refractivity contribution in [2.75, 3.05) is 25.9 Å². The predicted molar refractivity (Wildman–Crippen MR) is 103 cm³/mol. The van der Waals surface area contributed by atoms with E-state index in [0.29, 0.717) is 11.1 Å². The maximum absolute atomic E-state index is 12.6. The minimum absolute atomic E-state index is 0.0164. The van der Waals surface area contributed by atoms with Crippen LogP contribution in [0.25, 0.3) is 0 Å². The molecule has 10 heteroatoms. The highest BCUT2D eigenvalue weighted by Crippen LogP contribution is 2.24. The van der Waals surface area contributed by atoms with Crippen LogP contribution in [0.5, 0.6) is 0 Å². The van der Waals surface area contributed by atoms with E-state index in [2.05, 4.69) is 10.0 Å². The number of carbonyl (C=O) groups excluding carboxylic acids is 1. The van der Waals surface area contributed by atoms with Crippen molar-refractivity contribution in [1.82, 2.24) is 9.62 Å². The van der Waals surface area contributed by atoms with Crippen molar-refractivity contribution in [2.24, 2.45) is 0 Å². The second-order valence-corrected chi connectivity index (χ2v) is 9.78. The van der Waals surface area contributed by atoms with Crippen molar-refractivity contribution >= 4 is 31.6 Å². The third kappa shape index (κ3) is 4.46. The number of sulfonamides is 2. The maximum atomic E-state index is 12.6. The molecular weight excluding hydrogens is 390 g/mol. The fourth-order valence-electron chi connectivity index (χ4n) is 2.28. The van der Waals surface area contributed by atoms with Gasteiger partial charge in [0.15, 0.2) is 0 Å². The van der Waals surface area contributed by atoms with E-state index in [-0.39, 0.29) is 21.4 Å². The molecule has 0 unspecified atom stereocenters. The second kappa shape index (κ2) is 7.67. The summed E-state index contributed by atoms with van der Waals surface area (Å²) in [5, 5.41) is 2.45. The number of anilines is 1. The number of hydrogen-bond acceptors (Lipinski definition) is 5. The molecule has 2 rings (SSSR count). The molecule has 0 spiro atoms. The van der Waals surface area contributed by atoms with E-state index in [9.17, 15) is 21.6 Å². The van der Waals surface area contributed by atoms with Crippen LogP contribution in [0.15, 0.2) is 52.3 Å². The van der Waals surface area contributed by atoms with Gasteiger partial charge in [-0.1, -0.05) is 6.07 Å². The van der Waals surface area contributed by atoms with Gasteiger partial charge in [0.25, 0.3) is 15.9 Å². The summed E-state index contributed by atoms with van der Waals surface area (Å²) in [6, 6.07) is 9.69. The third-order valence-electron chi connectivity index (χ3n) is 3.85. The molecule has 0 fully saturated rings. The Hall–Kier alpha value is -2.43. The van der Waals surface area contributed by atoms with Crippen molar-refractivity contribution in [3.05, 3.63) is 53.6 Å². The molecule has 0 aromatic heterocycles. The van der Waals surface area contributed by atoms with Crippen molar-refractivity contribution in [1.29, 1.82) is 0 Å². The smallest absolute Gasteiger partial charge is 0.261 e. The van der Waals surface area contributed by atoms with Crippen LogP contribution in [-0.2, 0) is 20.0 Å². The molecule has 146 valence electrons. The number of rotatable bonds is 6. The van der Waals surface area contributed by atoms with Gasteiger partial charge in [-0.2, -0.15) is 0 Å². The molecule has 0 atom stereocenters. The van der Waals surface area contributed by atoms with Gasteiger partial charge in [-0.05, 0) is 48.9 Å². The fourth-order valence-corrected chi connectivity index (χ4v) is 4.48. The van der Waals surface area contributed by atoms with Crippen LogP contribution in [0, 0.1) is 6.92 Å². The van der Waals surface area contributed by atoms with Crippen LogP contribution in [0.1, 0.15) is 15.9 Å². The largest absolute Gasteiger partial charge is 0.355 e. The summed E-state index contributed by atoms with van der Waals surface area (Å²) in [7, 11) is -3.38. The summed E-state index contributed by atoms with van der Waals surface area (Å²) in [5.41, 5.74) is 0.948. The van der Waals surface area contributed by atoms with Gasteiger partial charge >= 0.3 is 0 Å². The Morgan fingerprint density at radius 2 is 1.56 bits per heavy atom. The summed E-state index contributed by atoms with van der Waals surface area (Å²) in [6.07, 6.45) is 0. The Morgan fingerprint density at radius 3 is 2.07 bits per heavy atom. The molecule has 0 aliphatic rings. The summed E-state index contributed by atoms with van der Waals surface area (Å²) in [6.45, 7) is 1.63. The average molecular weight is 412 g/mol. The van der Waals surface area contributed by atoms with Crippen LogP contribution < -0.4 is 10.0 Å². The van der Waals surface area contributed by atoms with Crippen molar-refractivity contribution < 1.29 is 21.6 Å². The van der Waals surface area contributed by atoms with Gasteiger partial charge in [0.2, 0.25) is 10.0 Å². The van der Waals surface area contributed by atoms with Gasteiger partial charge in [-0.25, -0.2) is 21.1 Å². The fraction of sp³-hybridized carbons (Fsp3) is 0.235. The van der Waals surface area contributed by atoms with Crippen molar-refractivity contribution in [3.63, 3.8) is 0 Å². The summed E-state index contributed by atoms with van der Waals surface area (Å²) in [4.78, 5) is 11.5. The molecule has 0 saturated carbocycles. The van der Waals surface area contributed by atoms with E-state index in [0.717, 1.165) is 4.31 Å². The highest BCUT2D eigenvalue weighted by Gasteiger charge is 2.22. The number of nitrogens with one attached hydrogen (secondary N) is 2. The maximum Gasteiger partial charge on any atom is 0.261 e. The van der Waals surface area contributed by atoms with E-state index in [1.165, 1.54) is 63.6 Å². The first-order valence-electron chi connectivity index (χ1n) is 7.87. The lowest BCUT2D eigenvalue weighted by atomic mass is 10.2. The molecule has 2 aromatic rings. The first-order chi connectivity index (χ1) is 12.5. The minimum atomic E-state index is -3.95. The Labute approximate surface area is 159 Å². The Kier molecular flexibility index (Phi) is 5.93. The summed E-state index contributed by atoms with van der Waals surface area (Å²) < 4.78 is 53.3.